The third-order valence-corrected chi connectivity index (χ3v) is 4.43. The predicted molar refractivity (Wildman–Crippen MR) is 88.1 cm³/mol. The van der Waals surface area contributed by atoms with Crippen LogP contribution in [0.5, 0.6) is 5.75 Å². The Morgan fingerprint density at radius 1 is 1.28 bits per heavy atom. The highest BCUT2D eigenvalue weighted by atomic mass is 19.1. The van der Waals surface area contributed by atoms with Gasteiger partial charge in [-0.05, 0) is 35.7 Å². The second-order valence-electron chi connectivity index (χ2n) is 6.14. The molecule has 2 aromatic rings. The highest BCUT2D eigenvalue weighted by molar-refractivity contribution is 5.79. The van der Waals surface area contributed by atoms with E-state index in [2.05, 4.69) is 0 Å². The molecule has 1 N–H and O–H groups in total. The number of methoxy groups -OCH3 is 1. The molecule has 4 nitrogen and oxygen atoms in total. The van der Waals surface area contributed by atoms with E-state index in [4.69, 9.17) is 4.74 Å². The van der Waals surface area contributed by atoms with E-state index in [-0.39, 0.29) is 30.5 Å². The highest BCUT2D eigenvalue weighted by Gasteiger charge is 2.35. The van der Waals surface area contributed by atoms with Gasteiger partial charge in [0.2, 0.25) is 5.91 Å². The molecule has 25 heavy (non-hydrogen) atoms. The summed E-state index contributed by atoms with van der Waals surface area (Å²) >= 11 is 0. The molecule has 0 aliphatic carbocycles. The third kappa shape index (κ3) is 3.79. The van der Waals surface area contributed by atoms with Gasteiger partial charge in [-0.1, -0.05) is 18.2 Å². The average Bonchev–Trinajstić information content (AvgIpc) is 2.99. The molecule has 1 fully saturated rings. The van der Waals surface area contributed by atoms with E-state index in [0.717, 1.165) is 17.7 Å². The average molecular weight is 347 g/mol. The molecule has 0 aromatic heterocycles. The van der Waals surface area contributed by atoms with Crippen molar-refractivity contribution in [3.05, 3.63) is 65.2 Å². The lowest BCUT2D eigenvalue weighted by molar-refractivity contribution is -0.131. The van der Waals surface area contributed by atoms with Crippen molar-refractivity contribution in [2.45, 2.75) is 25.0 Å². The summed E-state index contributed by atoms with van der Waals surface area (Å²) in [5, 5.41) is 10.0. The number of hydrogen-bond donors (Lipinski definition) is 1. The number of carbonyl (C=O) groups is 1. The molecule has 1 saturated heterocycles. The summed E-state index contributed by atoms with van der Waals surface area (Å²) in [4.78, 5) is 14.2. The molecule has 0 saturated carbocycles. The molecule has 2 atom stereocenters. The smallest absolute Gasteiger partial charge is 0.227 e. The molecule has 1 aliphatic heterocycles. The van der Waals surface area contributed by atoms with E-state index in [1.54, 1.807) is 18.1 Å². The van der Waals surface area contributed by atoms with E-state index in [1.165, 1.54) is 6.07 Å². The maximum Gasteiger partial charge on any atom is 0.227 e. The van der Waals surface area contributed by atoms with Gasteiger partial charge in [-0.15, -0.1) is 0 Å². The predicted octanol–water partition coefficient (Wildman–Crippen LogP) is 2.85. The minimum absolute atomic E-state index is 0.136. The van der Waals surface area contributed by atoms with Gasteiger partial charge < -0.3 is 14.7 Å². The Bertz CT molecular complexity index is 781. The number of aliphatic hydroxyl groups excluding tert-OH is 1. The molecule has 1 aliphatic rings. The highest BCUT2D eigenvalue weighted by Crippen LogP contribution is 2.34. The zero-order valence-electron chi connectivity index (χ0n) is 13.8. The fourth-order valence-electron chi connectivity index (χ4n) is 3.18. The number of aliphatic hydroxyl groups is 1. The summed E-state index contributed by atoms with van der Waals surface area (Å²) in [6.45, 7) is 0.184. The minimum atomic E-state index is -0.744. The Labute approximate surface area is 144 Å². The maximum absolute atomic E-state index is 13.8. The van der Waals surface area contributed by atoms with Crippen molar-refractivity contribution in [3.8, 4) is 5.75 Å². The van der Waals surface area contributed by atoms with Crippen molar-refractivity contribution < 1.29 is 23.4 Å². The first-order valence-electron chi connectivity index (χ1n) is 8.03. The summed E-state index contributed by atoms with van der Waals surface area (Å²) in [6.07, 6.45) is -0.414. The van der Waals surface area contributed by atoms with E-state index in [1.807, 2.05) is 18.2 Å². The summed E-state index contributed by atoms with van der Waals surface area (Å²) in [5.41, 5.74) is 0.987. The molecular weight excluding hydrogens is 328 g/mol. The quantitative estimate of drug-likeness (QED) is 0.925. The zero-order chi connectivity index (χ0) is 18.0. The monoisotopic (exact) mass is 347 g/mol. The molecule has 1 amide bonds. The molecular formula is C19H19F2NO3. The van der Waals surface area contributed by atoms with Gasteiger partial charge in [0, 0.05) is 12.6 Å². The van der Waals surface area contributed by atoms with Gasteiger partial charge in [0.15, 0.2) is 0 Å². The SMILES string of the molecule is COc1cccc([C@@H]2C[C@@H](O)CN2C(=O)Cc2ccc(F)cc2F)c1. The van der Waals surface area contributed by atoms with Crippen LogP contribution in [0.25, 0.3) is 0 Å². The number of rotatable bonds is 4. The van der Waals surface area contributed by atoms with Crippen LogP contribution >= 0.6 is 0 Å². The van der Waals surface area contributed by atoms with Gasteiger partial charge in [-0.25, -0.2) is 8.78 Å². The van der Waals surface area contributed by atoms with E-state index in [0.29, 0.717) is 12.2 Å². The van der Waals surface area contributed by atoms with Crippen molar-refractivity contribution >= 4 is 5.91 Å². The first-order valence-corrected chi connectivity index (χ1v) is 8.03. The van der Waals surface area contributed by atoms with E-state index >= 15 is 0 Å². The molecule has 6 heteroatoms. The first kappa shape index (κ1) is 17.4. The van der Waals surface area contributed by atoms with Crippen molar-refractivity contribution in [2.24, 2.45) is 0 Å². The van der Waals surface area contributed by atoms with Gasteiger partial charge in [0.25, 0.3) is 0 Å². The fourth-order valence-corrected chi connectivity index (χ4v) is 3.18. The number of ether oxygens (including phenoxy) is 1. The van der Waals surface area contributed by atoms with Crippen molar-refractivity contribution in [3.63, 3.8) is 0 Å². The van der Waals surface area contributed by atoms with Gasteiger partial charge in [-0.2, -0.15) is 0 Å². The Hall–Kier alpha value is -2.47. The molecule has 0 radical (unpaired) electrons. The van der Waals surface area contributed by atoms with Crippen molar-refractivity contribution in [1.82, 2.24) is 4.90 Å². The third-order valence-electron chi connectivity index (χ3n) is 4.43. The van der Waals surface area contributed by atoms with Crippen LogP contribution in [0.15, 0.2) is 42.5 Å². The summed E-state index contributed by atoms with van der Waals surface area (Å²) < 4.78 is 32.0. The topological polar surface area (TPSA) is 49.8 Å². The first-order chi connectivity index (χ1) is 12.0. The Morgan fingerprint density at radius 3 is 2.80 bits per heavy atom. The van der Waals surface area contributed by atoms with Gasteiger partial charge in [0.1, 0.15) is 17.4 Å². The van der Waals surface area contributed by atoms with Crippen LogP contribution in [-0.4, -0.2) is 35.7 Å². The van der Waals surface area contributed by atoms with Crippen LogP contribution in [0.1, 0.15) is 23.6 Å². The van der Waals surface area contributed by atoms with Crippen LogP contribution < -0.4 is 4.74 Å². The minimum Gasteiger partial charge on any atom is -0.497 e. The summed E-state index contributed by atoms with van der Waals surface area (Å²) in [7, 11) is 1.56. The number of halogens is 2. The molecule has 0 bridgehead atoms. The second kappa shape index (κ2) is 7.19. The van der Waals surface area contributed by atoms with E-state index in [9.17, 15) is 18.7 Å². The molecule has 2 aromatic carbocycles. The Kier molecular flexibility index (Phi) is 4.99. The van der Waals surface area contributed by atoms with E-state index < -0.39 is 17.7 Å². The van der Waals surface area contributed by atoms with Gasteiger partial charge in [-0.3, -0.25) is 4.79 Å². The lowest BCUT2D eigenvalue weighted by Crippen LogP contribution is -2.33. The molecule has 132 valence electrons. The van der Waals surface area contributed by atoms with Gasteiger partial charge >= 0.3 is 0 Å². The lowest BCUT2D eigenvalue weighted by atomic mass is 10.0. The normalized spacial score (nSPS) is 19.9. The molecule has 3 rings (SSSR count). The van der Waals surface area contributed by atoms with Crippen molar-refractivity contribution in [1.29, 1.82) is 0 Å². The standard InChI is InChI=1S/C19H19F2NO3/c1-25-16-4-2-3-13(7-16)18-10-15(23)11-22(18)19(24)8-12-5-6-14(20)9-17(12)21/h2-7,9,15,18,23H,8,10-11H2,1H3/t15-,18+/m1/s1. The maximum atomic E-state index is 13.8. The van der Waals surface area contributed by atoms with Crippen LogP contribution in [0, 0.1) is 11.6 Å². The Morgan fingerprint density at radius 2 is 2.08 bits per heavy atom. The van der Waals surface area contributed by atoms with Crippen LogP contribution in [-0.2, 0) is 11.2 Å². The number of carbonyl (C=O) groups excluding carboxylic acids is 1. The number of amides is 1. The van der Waals surface area contributed by atoms with Crippen LogP contribution in [0.2, 0.25) is 0 Å². The second-order valence-corrected chi connectivity index (χ2v) is 6.14. The zero-order valence-corrected chi connectivity index (χ0v) is 13.8. The molecule has 1 heterocycles. The van der Waals surface area contributed by atoms with Crippen LogP contribution in [0.4, 0.5) is 8.78 Å². The number of nitrogens with zero attached hydrogens (tertiary/aromatic N) is 1. The molecule has 0 unspecified atom stereocenters. The summed E-state index contributed by atoms with van der Waals surface area (Å²) in [5.74, 6) is -1.07. The van der Waals surface area contributed by atoms with Crippen molar-refractivity contribution in [2.75, 3.05) is 13.7 Å². The Balaban J connectivity index is 1.82. The van der Waals surface area contributed by atoms with Crippen LogP contribution in [0.3, 0.4) is 0 Å². The lowest BCUT2D eigenvalue weighted by Gasteiger charge is -2.25. The number of β-amino-alcohol motifs (C(OH)–C–C–N with tert-alkyl or cyclic N) is 1. The fraction of sp³-hybridized carbons (Fsp3) is 0.316. The summed E-state index contributed by atoms with van der Waals surface area (Å²) in [6, 6.07) is 10.2. The number of benzene rings is 2. The number of likely N-dealkylation sites (tertiary alicyclic amines) is 1. The van der Waals surface area contributed by atoms with Gasteiger partial charge in [0.05, 0.1) is 25.7 Å². The number of hydrogen-bond acceptors (Lipinski definition) is 3. The molecule has 0 spiro atoms. The largest absolute Gasteiger partial charge is 0.497 e.